The Morgan fingerprint density at radius 3 is 2.59 bits per heavy atom. The summed E-state index contributed by atoms with van der Waals surface area (Å²) in [6.07, 6.45) is 8.53. The van der Waals surface area contributed by atoms with Crippen LogP contribution < -0.4 is 5.32 Å². The van der Waals surface area contributed by atoms with E-state index in [-0.39, 0.29) is 17.9 Å². The highest BCUT2D eigenvalue weighted by Crippen LogP contribution is 2.24. The zero-order valence-electron chi connectivity index (χ0n) is 20.8. The second-order valence-electron chi connectivity index (χ2n) is 10.4. The lowest BCUT2D eigenvalue weighted by Gasteiger charge is -2.35. The van der Waals surface area contributed by atoms with Gasteiger partial charge in [-0.2, -0.15) is 0 Å². The summed E-state index contributed by atoms with van der Waals surface area (Å²) in [7, 11) is 0. The second-order valence-corrected chi connectivity index (χ2v) is 11.3. The average molecular weight is 492 g/mol. The van der Waals surface area contributed by atoms with Gasteiger partial charge in [0.1, 0.15) is 5.69 Å². The van der Waals surface area contributed by atoms with Gasteiger partial charge in [0, 0.05) is 57.3 Å². The predicted octanol–water partition coefficient (Wildman–Crippen LogP) is 3.31. The van der Waals surface area contributed by atoms with E-state index in [4.69, 9.17) is 4.74 Å². The number of hydrogen-bond donors (Lipinski definition) is 1. The maximum absolute atomic E-state index is 13.1. The molecule has 0 radical (unpaired) electrons. The molecule has 2 aliphatic heterocycles. The highest BCUT2D eigenvalue weighted by molar-refractivity contribution is 7.13. The number of nitrogens with one attached hydrogen (secondary N) is 1. The van der Waals surface area contributed by atoms with Gasteiger partial charge in [-0.3, -0.25) is 14.5 Å². The summed E-state index contributed by atoms with van der Waals surface area (Å²) in [4.78, 5) is 36.7. The molecular weight excluding hydrogens is 450 g/mol. The molecular formula is C25H41N5O3S. The summed E-state index contributed by atoms with van der Waals surface area (Å²) in [6.45, 7) is 9.65. The number of ether oxygens (including phenoxy) is 1. The minimum atomic E-state index is -0.00117. The van der Waals surface area contributed by atoms with Gasteiger partial charge in [-0.05, 0) is 31.6 Å². The molecule has 1 aromatic rings. The summed E-state index contributed by atoms with van der Waals surface area (Å²) >= 11 is 1.52. The van der Waals surface area contributed by atoms with Crippen LogP contribution in [0.5, 0.6) is 0 Å². The molecule has 2 amide bonds. The number of aromatic nitrogens is 1. The van der Waals surface area contributed by atoms with E-state index in [1.807, 2.05) is 15.2 Å². The van der Waals surface area contributed by atoms with Crippen molar-refractivity contribution >= 4 is 28.3 Å². The summed E-state index contributed by atoms with van der Waals surface area (Å²) in [5, 5.41) is 6.25. The van der Waals surface area contributed by atoms with Crippen LogP contribution in [0.4, 0.5) is 5.13 Å². The molecule has 0 aromatic carbocycles. The number of carbonyl (C=O) groups excluding carboxylic acids is 2. The molecule has 1 aliphatic carbocycles. The molecule has 1 N–H and O–H groups in total. The molecule has 9 heteroatoms. The van der Waals surface area contributed by atoms with E-state index < -0.39 is 0 Å². The lowest BCUT2D eigenvalue weighted by atomic mass is 9.96. The molecule has 3 aliphatic rings. The van der Waals surface area contributed by atoms with Gasteiger partial charge in [0.25, 0.3) is 5.91 Å². The monoisotopic (exact) mass is 491 g/mol. The molecule has 8 nitrogen and oxygen atoms in total. The van der Waals surface area contributed by atoms with Gasteiger partial charge in [0.05, 0.1) is 12.6 Å². The van der Waals surface area contributed by atoms with Crippen LogP contribution in [-0.4, -0.2) is 96.1 Å². The fourth-order valence-corrected chi connectivity index (χ4v) is 5.94. The summed E-state index contributed by atoms with van der Waals surface area (Å²) < 4.78 is 5.77. The first-order valence-electron chi connectivity index (χ1n) is 13.1. The van der Waals surface area contributed by atoms with E-state index in [0.717, 1.165) is 31.1 Å². The van der Waals surface area contributed by atoms with Crippen molar-refractivity contribution in [2.45, 2.75) is 70.9 Å². The van der Waals surface area contributed by atoms with Gasteiger partial charge >= 0.3 is 0 Å². The molecule has 1 atom stereocenters. The zero-order chi connectivity index (χ0) is 23.9. The number of rotatable bonds is 9. The lowest BCUT2D eigenvalue weighted by Crippen LogP contribution is -2.52. The molecule has 0 bridgehead atoms. The number of piperazine rings is 1. The quantitative estimate of drug-likeness (QED) is 0.571. The maximum Gasteiger partial charge on any atom is 0.273 e. The second kappa shape index (κ2) is 12.3. The van der Waals surface area contributed by atoms with E-state index in [0.29, 0.717) is 56.9 Å². The SMILES string of the molecule is CC(C)CN(CC1CCCO1)C(=O)CN1CCN(C(=O)c2csc(NC3CCCCC3)n2)CC1. The van der Waals surface area contributed by atoms with E-state index in [1.165, 1.54) is 43.4 Å². The zero-order valence-corrected chi connectivity index (χ0v) is 21.7. The summed E-state index contributed by atoms with van der Waals surface area (Å²) in [5.74, 6) is 0.594. The van der Waals surface area contributed by atoms with Gasteiger partial charge in [-0.1, -0.05) is 33.1 Å². The van der Waals surface area contributed by atoms with Crippen LogP contribution in [0.15, 0.2) is 5.38 Å². The van der Waals surface area contributed by atoms with E-state index in [2.05, 4.69) is 29.0 Å². The number of amides is 2. The van der Waals surface area contributed by atoms with Crippen LogP contribution in [0, 0.1) is 5.92 Å². The van der Waals surface area contributed by atoms with Crippen molar-refractivity contribution in [3.63, 3.8) is 0 Å². The number of thiazole rings is 1. The molecule has 1 aromatic heterocycles. The third kappa shape index (κ3) is 7.15. The van der Waals surface area contributed by atoms with Gasteiger partial charge in [0.15, 0.2) is 5.13 Å². The fourth-order valence-electron chi connectivity index (χ4n) is 5.18. The Labute approximate surface area is 208 Å². The first-order valence-corrected chi connectivity index (χ1v) is 14.0. The smallest absolute Gasteiger partial charge is 0.273 e. The van der Waals surface area contributed by atoms with E-state index in [1.54, 1.807) is 0 Å². The van der Waals surface area contributed by atoms with Gasteiger partial charge < -0.3 is 19.9 Å². The summed E-state index contributed by atoms with van der Waals surface area (Å²) in [6, 6.07) is 0.486. The Kier molecular flexibility index (Phi) is 9.19. The standard InChI is InChI=1S/C25H41N5O3S/c1-19(2)15-30(16-21-9-6-14-33-21)23(31)17-28-10-12-29(13-11-28)24(32)22-18-34-25(27-22)26-20-7-4-3-5-8-20/h18-21H,3-17H2,1-2H3,(H,26,27). The van der Waals surface area contributed by atoms with E-state index >= 15 is 0 Å². The van der Waals surface area contributed by atoms with Crippen molar-refractivity contribution in [3.8, 4) is 0 Å². The van der Waals surface area contributed by atoms with E-state index in [9.17, 15) is 9.59 Å². The molecule has 2 saturated heterocycles. The van der Waals surface area contributed by atoms with Crippen molar-refractivity contribution < 1.29 is 14.3 Å². The molecule has 0 spiro atoms. The molecule has 3 heterocycles. The normalized spacial score (nSPS) is 22.3. The number of carbonyl (C=O) groups is 2. The first-order chi connectivity index (χ1) is 16.5. The molecule has 1 unspecified atom stereocenters. The Bertz CT molecular complexity index is 796. The van der Waals surface area contributed by atoms with Gasteiger partial charge in [0.2, 0.25) is 5.91 Å². The van der Waals surface area contributed by atoms with Crippen LogP contribution in [0.2, 0.25) is 0 Å². The largest absolute Gasteiger partial charge is 0.376 e. The molecule has 1 saturated carbocycles. The minimum absolute atomic E-state index is 0.00117. The van der Waals surface area contributed by atoms with Gasteiger partial charge in [-0.15, -0.1) is 11.3 Å². The van der Waals surface area contributed by atoms with Crippen molar-refractivity contribution in [2.24, 2.45) is 5.92 Å². The maximum atomic E-state index is 13.1. The Morgan fingerprint density at radius 1 is 1.15 bits per heavy atom. The Hall–Kier alpha value is -1.71. The van der Waals surface area contributed by atoms with Crippen molar-refractivity contribution in [2.75, 3.05) is 57.7 Å². The topological polar surface area (TPSA) is 78.0 Å². The summed E-state index contributed by atoms with van der Waals surface area (Å²) in [5.41, 5.74) is 0.535. The molecule has 4 rings (SSSR count). The minimum Gasteiger partial charge on any atom is -0.376 e. The van der Waals surface area contributed by atoms with Gasteiger partial charge in [-0.25, -0.2) is 4.98 Å². The van der Waals surface area contributed by atoms with Crippen LogP contribution >= 0.6 is 11.3 Å². The van der Waals surface area contributed by atoms with Crippen LogP contribution in [0.3, 0.4) is 0 Å². The molecule has 34 heavy (non-hydrogen) atoms. The van der Waals surface area contributed by atoms with Crippen LogP contribution in [0.1, 0.15) is 69.3 Å². The predicted molar refractivity (Wildman–Crippen MR) is 135 cm³/mol. The third-order valence-electron chi connectivity index (χ3n) is 7.06. The molecule has 190 valence electrons. The number of nitrogens with zero attached hydrogens (tertiary/aromatic N) is 4. The van der Waals surface area contributed by atoms with Crippen molar-refractivity contribution in [1.29, 1.82) is 0 Å². The number of anilines is 1. The highest BCUT2D eigenvalue weighted by atomic mass is 32.1. The van der Waals surface area contributed by atoms with Crippen molar-refractivity contribution in [1.82, 2.24) is 19.7 Å². The van der Waals surface area contributed by atoms with Crippen LogP contribution in [0.25, 0.3) is 0 Å². The Morgan fingerprint density at radius 2 is 1.91 bits per heavy atom. The fraction of sp³-hybridized carbons (Fsp3) is 0.800. The Balaban J connectivity index is 1.23. The van der Waals surface area contributed by atoms with Crippen molar-refractivity contribution in [3.05, 3.63) is 11.1 Å². The number of hydrogen-bond acceptors (Lipinski definition) is 7. The highest BCUT2D eigenvalue weighted by Gasteiger charge is 2.28. The third-order valence-corrected chi connectivity index (χ3v) is 7.83. The molecule has 3 fully saturated rings. The first kappa shape index (κ1) is 25.4. The van der Waals surface area contributed by atoms with Crippen LogP contribution in [-0.2, 0) is 9.53 Å². The lowest BCUT2D eigenvalue weighted by molar-refractivity contribution is -0.134. The average Bonchev–Trinajstić information content (AvgIpc) is 3.51.